The van der Waals surface area contributed by atoms with Crippen LogP contribution in [0.2, 0.25) is 0 Å². The van der Waals surface area contributed by atoms with E-state index in [2.05, 4.69) is 15.0 Å². The molecule has 14 heteroatoms. The maximum Gasteiger partial charge on any atom is 0.475 e. The van der Waals surface area contributed by atoms with Crippen molar-refractivity contribution in [2.24, 2.45) is 0 Å². The number of rotatable bonds is 3. The van der Waals surface area contributed by atoms with Gasteiger partial charge in [0, 0.05) is 0 Å². The number of hydrogen-bond donors (Lipinski definition) is 2. The number of fused-ring (bicyclic) bond motifs is 2. The predicted molar refractivity (Wildman–Crippen MR) is 92.4 cm³/mol. The topological polar surface area (TPSA) is 150 Å². The number of nitrogens with two attached hydrogens (primary N) is 2. The highest BCUT2D eigenvalue weighted by Crippen LogP contribution is 2.61. The molecule has 2 aliphatic heterocycles. The van der Waals surface area contributed by atoms with Gasteiger partial charge in [0.2, 0.25) is 5.95 Å². The van der Waals surface area contributed by atoms with Crippen LogP contribution in [-0.4, -0.2) is 49.6 Å². The number of nitrogens with zero attached hydrogens (tertiary/aromatic N) is 4. The van der Waals surface area contributed by atoms with Gasteiger partial charge in [-0.1, -0.05) is 11.6 Å². The highest BCUT2D eigenvalue weighted by atomic mass is 35.5. The first-order valence-electron chi connectivity index (χ1n) is 8.01. The van der Waals surface area contributed by atoms with E-state index in [1.807, 2.05) is 0 Å². The van der Waals surface area contributed by atoms with E-state index >= 15 is 4.39 Å². The normalized spacial score (nSPS) is 36.4. The Hall–Kier alpha value is -1.56. The van der Waals surface area contributed by atoms with Gasteiger partial charge < -0.3 is 16.2 Å². The van der Waals surface area contributed by atoms with Crippen molar-refractivity contribution < 1.29 is 27.3 Å². The van der Waals surface area contributed by atoms with E-state index in [1.165, 1.54) is 10.9 Å². The van der Waals surface area contributed by atoms with E-state index in [9.17, 15) is 4.57 Å². The predicted octanol–water partition coefficient (Wildman–Crippen LogP) is 1.74. The van der Waals surface area contributed by atoms with Crippen LogP contribution in [0, 0.1) is 0 Å². The fourth-order valence-corrected chi connectivity index (χ4v) is 5.00. The lowest BCUT2D eigenvalue weighted by Gasteiger charge is -2.33. The van der Waals surface area contributed by atoms with Gasteiger partial charge in [0.15, 0.2) is 23.8 Å². The first kappa shape index (κ1) is 18.8. The van der Waals surface area contributed by atoms with Gasteiger partial charge in [0.05, 0.1) is 19.0 Å². The van der Waals surface area contributed by atoms with Crippen LogP contribution in [0.3, 0.4) is 0 Å². The summed E-state index contributed by atoms with van der Waals surface area (Å²) in [5.74, 6) is -0.0919. The van der Waals surface area contributed by atoms with Crippen LogP contribution in [0.15, 0.2) is 6.33 Å². The Morgan fingerprint density at radius 3 is 2.93 bits per heavy atom. The van der Waals surface area contributed by atoms with E-state index in [4.69, 9.17) is 41.4 Å². The van der Waals surface area contributed by atoms with Gasteiger partial charge in [-0.2, -0.15) is 9.97 Å². The summed E-state index contributed by atoms with van der Waals surface area (Å²) in [6.07, 6.45) is -2.96. The molecular weight excluding hydrogens is 406 g/mol. The Labute approximate surface area is 157 Å². The van der Waals surface area contributed by atoms with E-state index in [1.54, 1.807) is 13.8 Å². The van der Waals surface area contributed by atoms with Crippen LogP contribution in [0.4, 0.5) is 16.2 Å². The van der Waals surface area contributed by atoms with Crippen LogP contribution in [0.25, 0.3) is 11.2 Å². The molecule has 5 atom stereocenters. The van der Waals surface area contributed by atoms with Crippen molar-refractivity contribution in [3.63, 3.8) is 0 Å². The summed E-state index contributed by atoms with van der Waals surface area (Å²) >= 11 is 6.14. The number of halogens is 2. The zero-order valence-electron chi connectivity index (χ0n) is 14.3. The molecule has 2 aromatic rings. The number of phosphoric acid groups is 1. The van der Waals surface area contributed by atoms with Crippen molar-refractivity contribution in [2.45, 2.75) is 43.5 Å². The fraction of sp³-hybridized carbons (Fsp3) is 0.615. The van der Waals surface area contributed by atoms with Crippen molar-refractivity contribution >= 4 is 42.4 Å². The lowest BCUT2D eigenvalue weighted by atomic mass is 10.1. The molecule has 2 fully saturated rings. The number of ether oxygens (including phenoxy) is 1. The van der Waals surface area contributed by atoms with Crippen LogP contribution in [0.5, 0.6) is 0 Å². The largest absolute Gasteiger partial charge is 0.475 e. The van der Waals surface area contributed by atoms with Gasteiger partial charge in [-0.15, -0.1) is 0 Å². The van der Waals surface area contributed by atoms with Crippen molar-refractivity contribution in [3.05, 3.63) is 6.33 Å². The van der Waals surface area contributed by atoms with Crippen molar-refractivity contribution in [1.29, 1.82) is 0 Å². The molecule has 2 aromatic heterocycles. The van der Waals surface area contributed by atoms with Crippen LogP contribution >= 0.6 is 19.4 Å². The van der Waals surface area contributed by atoms with Gasteiger partial charge in [0.25, 0.3) is 5.13 Å². The molecule has 0 unspecified atom stereocenters. The maximum absolute atomic E-state index is 15.5. The summed E-state index contributed by atoms with van der Waals surface area (Å²) in [5.41, 5.74) is 11.7. The molecule has 0 radical (unpaired) electrons. The summed E-state index contributed by atoms with van der Waals surface area (Å²) in [7, 11) is -3.98. The highest BCUT2D eigenvalue weighted by Gasteiger charge is 2.63. The third-order valence-corrected chi connectivity index (χ3v) is 6.08. The van der Waals surface area contributed by atoms with E-state index < -0.39 is 37.5 Å². The molecule has 2 saturated heterocycles. The number of nitrogen functional groups attached to an aromatic ring is 2. The molecule has 0 bridgehead atoms. The second kappa shape index (κ2) is 6.23. The van der Waals surface area contributed by atoms with Crippen LogP contribution in [0.1, 0.15) is 20.1 Å². The van der Waals surface area contributed by atoms with Gasteiger partial charge in [0.1, 0.15) is 11.6 Å². The Bertz CT molecular complexity index is 941. The van der Waals surface area contributed by atoms with Gasteiger partial charge >= 0.3 is 7.82 Å². The SMILES string of the molecule is CC(C)O[P@]1(=O)OC[C@H]2O[C@@H](n3cnc4c(N)nc(N)nc43)[C@@](F)(Cl)[C@@H]2O1. The molecule has 0 aromatic carbocycles. The Morgan fingerprint density at radius 1 is 1.48 bits per heavy atom. The first-order valence-corrected chi connectivity index (χ1v) is 9.85. The minimum atomic E-state index is -3.98. The first-order chi connectivity index (χ1) is 12.6. The average molecular weight is 423 g/mol. The number of hydrogen-bond acceptors (Lipinski definition) is 10. The van der Waals surface area contributed by atoms with Crippen molar-refractivity contribution in [2.75, 3.05) is 18.1 Å². The number of alkyl halides is 2. The minimum absolute atomic E-state index is 0.0279. The molecule has 0 aliphatic carbocycles. The molecule has 4 heterocycles. The molecule has 27 heavy (non-hydrogen) atoms. The number of aromatic nitrogens is 4. The zero-order chi connectivity index (χ0) is 19.6. The Morgan fingerprint density at radius 2 is 2.22 bits per heavy atom. The van der Waals surface area contributed by atoms with Crippen molar-refractivity contribution in [3.8, 4) is 0 Å². The summed E-state index contributed by atoms with van der Waals surface area (Å²) in [4.78, 5) is 11.9. The van der Waals surface area contributed by atoms with Gasteiger partial charge in [-0.05, 0) is 13.8 Å². The minimum Gasteiger partial charge on any atom is -0.382 e. The van der Waals surface area contributed by atoms with Gasteiger partial charge in [-0.25, -0.2) is 13.9 Å². The van der Waals surface area contributed by atoms with E-state index in [-0.39, 0.29) is 29.5 Å². The van der Waals surface area contributed by atoms with Crippen molar-refractivity contribution in [1.82, 2.24) is 19.5 Å². The second-order valence-corrected chi connectivity index (χ2v) is 8.57. The fourth-order valence-electron chi connectivity index (χ4n) is 3.01. The summed E-state index contributed by atoms with van der Waals surface area (Å²) in [5, 5.41) is -2.62. The number of imidazole rings is 1. The average Bonchev–Trinajstić information content (AvgIpc) is 3.05. The smallest absolute Gasteiger partial charge is 0.382 e. The third-order valence-electron chi connectivity index (χ3n) is 4.05. The summed E-state index contributed by atoms with van der Waals surface area (Å²) < 4.78 is 50.5. The Balaban J connectivity index is 1.70. The molecule has 2 aliphatic rings. The summed E-state index contributed by atoms with van der Waals surface area (Å²) in [6.45, 7) is 3.05. The molecule has 0 saturated carbocycles. The molecular formula is C13H17ClFN6O5P. The molecule has 0 amide bonds. The molecule has 0 spiro atoms. The summed E-state index contributed by atoms with van der Waals surface area (Å²) in [6, 6.07) is 0. The number of phosphoric ester groups is 1. The van der Waals surface area contributed by atoms with E-state index in [0.717, 1.165) is 0 Å². The Kier molecular flexibility index (Phi) is 4.33. The monoisotopic (exact) mass is 422 g/mol. The molecule has 148 valence electrons. The molecule has 4 N–H and O–H groups in total. The lowest BCUT2D eigenvalue weighted by molar-refractivity contribution is -0.0733. The van der Waals surface area contributed by atoms with Crippen LogP contribution in [-0.2, 0) is 22.9 Å². The second-order valence-electron chi connectivity index (χ2n) is 6.42. The highest BCUT2D eigenvalue weighted by molar-refractivity contribution is 7.48. The molecule has 4 rings (SSSR count). The molecule has 11 nitrogen and oxygen atoms in total. The lowest BCUT2D eigenvalue weighted by Crippen LogP contribution is -2.43. The standard InChI is InChI=1S/C13H17ClFN6O5P/c1-5(2)25-27(22)23-3-6-8(26-27)13(14,15)11(24-6)21-4-18-7-9(16)19-12(17)20-10(7)21/h4-6,8,11H,3H2,1-2H3,(H4,16,17,19,20)/t6-,8-,11-,13-,27+/m1/s1. The third kappa shape index (κ3) is 3.06. The maximum atomic E-state index is 15.5. The van der Waals surface area contributed by atoms with E-state index in [0.29, 0.717) is 0 Å². The zero-order valence-corrected chi connectivity index (χ0v) is 15.9. The quantitative estimate of drug-likeness (QED) is 0.553. The number of anilines is 2. The van der Waals surface area contributed by atoms with Gasteiger partial charge in [-0.3, -0.25) is 18.1 Å². The van der Waals surface area contributed by atoms with Crippen LogP contribution < -0.4 is 11.5 Å².